The fourth-order valence-electron chi connectivity index (χ4n) is 0.736. The zero-order valence-electron chi connectivity index (χ0n) is 5.49. The summed E-state index contributed by atoms with van der Waals surface area (Å²) in [6.07, 6.45) is 3.89. The zero-order valence-corrected chi connectivity index (χ0v) is 5.49. The quantitative estimate of drug-likeness (QED) is 0.627. The highest BCUT2D eigenvalue weighted by atomic mass is 16.3. The summed E-state index contributed by atoms with van der Waals surface area (Å²) in [5.74, 6) is 0. The van der Waals surface area contributed by atoms with Crippen LogP contribution in [0.5, 0.6) is 0 Å². The summed E-state index contributed by atoms with van der Waals surface area (Å²) in [4.78, 5) is 0. The normalized spacial score (nSPS) is 13.6. The monoisotopic (exact) mass is 125 g/mol. The highest BCUT2D eigenvalue weighted by molar-refractivity contribution is 4.92. The Balaban J connectivity index is 2.65. The topological polar surface area (TPSA) is 25.2 Å². The van der Waals surface area contributed by atoms with Crippen molar-refractivity contribution in [3.63, 3.8) is 0 Å². The van der Waals surface area contributed by atoms with Crippen LogP contribution in [0.2, 0.25) is 0 Å². The first-order chi connectivity index (χ1) is 4.34. The average molecular weight is 125 g/mol. The number of aliphatic hydroxyl groups excluding tert-OH is 1. The molecule has 0 saturated heterocycles. The Kier molecular flexibility index (Phi) is 1.90. The van der Waals surface area contributed by atoms with Crippen molar-refractivity contribution in [2.75, 3.05) is 6.61 Å². The molecule has 0 bridgehead atoms. The van der Waals surface area contributed by atoms with Crippen LogP contribution in [0.25, 0.3) is 0 Å². The minimum absolute atomic E-state index is 0.203. The van der Waals surface area contributed by atoms with E-state index in [9.17, 15) is 0 Å². The van der Waals surface area contributed by atoms with Crippen LogP contribution in [0.1, 0.15) is 13.0 Å². The lowest BCUT2D eigenvalue weighted by molar-refractivity contribution is 0.239. The van der Waals surface area contributed by atoms with Gasteiger partial charge in [0.1, 0.15) is 0 Å². The van der Waals surface area contributed by atoms with Crippen molar-refractivity contribution in [1.82, 2.24) is 4.57 Å². The molecule has 2 heteroatoms. The first-order valence-corrected chi connectivity index (χ1v) is 3.08. The van der Waals surface area contributed by atoms with Crippen molar-refractivity contribution >= 4 is 0 Å². The van der Waals surface area contributed by atoms with E-state index in [0.717, 1.165) is 0 Å². The molecular formula is C7H11NO. The van der Waals surface area contributed by atoms with Gasteiger partial charge in [-0.15, -0.1) is 0 Å². The van der Waals surface area contributed by atoms with E-state index in [1.807, 2.05) is 36.0 Å². The zero-order chi connectivity index (χ0) is 6.69. The van der Waals surface area contributed by atoms with Crippen molar-refractivity contribution in [3.8, 4) is 0 Å². The molecule has 9 heavy (non-hydrogen) atoms. The van der Waals surface area contributed by atoms with Gasteiger partial charge >= 0.3 is 0 Å². The van der Waals surface area contributed by atoms with Gasteiger partial charge in [-0.2, -0.15) is 0 Å². The molecule has 1 aromatic heterocycles. The Morgan fingerprint density at radius 3 is 2.44 bits per heavy atom. The predicted octanol–water partition coefficient (Wildman–Crippen LogP) is 1.04. The van der Waals surface area contributed by atoms with Gasteiger partial charge in [-0.3, -0.25) is 0 Å². The molecule has 0 radical (unpaired) electrons. The highest BCUT2D eigenvalue weighted by Gasteiger charge is 1.97. The van der Waals surface area contributed by atoms with Gasteiger partial charge in [-0.05, 0) is 19.1 Å². The Bertz CT molecular complexity index is 157. The molecule has 0 aliphatic rings. The maximum atomic E-state index is 8.69. The predicted molar refractivity (Wildman–Crippen MR) is 36.2 cm³/mol. The number of hydrogen-bond acceptors (Lipinski definition) is 1. The molecule has 1 aromatic rings. The number of nitrogens with zero attached hydrogens (tertiary/aromatic N) is 1. The summed E-state index contributed by atoms with van der Waals surface area (Å²) < 4.78 is 1.97. The molecule has 0 spiro atoms. The molecule has 1 rings (SSSR count). The molecule has 1 atom stereocenters. The van der Waals surface area contributed by atoms with Crippen molar-refractivity contribution in [2.24, 2.45) is 0 Å². The van der Waals surface area contributed by atoms with Crippen LogP contribution in [0.4, 0.5) is 0 Å². The first-order valence-electron chi connectivity index (χ1n) is 3.08. The van der Waals surface area contributed by atoms with Gasteiger partial charge in [0.25, 0.3) is 0 Å². The fraction of sp³-hybridized carbons (Fsp3) is 0.429. The lowest BCUT2D eigenvalue weighted by Gasteiger charge is -2.08. The minimum Gasteiger partial charge on any atom is -0.394 e. The summed E-state index contributed by atoms with van der Waals surface area (Å²) >= 11 is 0. The van der Waals surface area contributed by atoms with Crippen LogP contribution >= 0.6 is 0 Å². The standard InChI is InChI=1S/C7H11NO/c1-7(6-9)8-4-2-3-5-8/h2-5,7,9H,6H2,1H3/t7-/m1/s1. The van der Waals surface area contributed by atoms with E-state index in [-0.39, 0.29) is 12.6 Å². The second kappa shape index (κ2) is 2.69. The van der Waals surface area contributed by atoms with Crippen LogP contribution in [0.15, 0.2) is 24.5 Å². The van der Waals surface area contributed by atoms with Gasteiger partial charge in [-0.25, -0.2) is 0 Å². The van der Waals surface area contributed by atoms with Gasteiger partial charge in [0.05, 0.1) is 12.6 Å². The SMILES string of the molecule is C[C@H](CO)n1cccc1. The van der Waals surface area contributed by atoms with E-state index < -0.39 is 0 Å². The van der Waals surface area contributed by atoms with E-state index >= 15 is 0 Å². The molecule has 0 aliphatic carbocycles. The van der Waals surface area contributed by atoms with Gasteiger partial charge < -0.3 is 9.67 Å². The maximum Gasteiger partial charge on any atom is 0.0636 e. The summed E-state index contributed by atoms with van der Waals surface area (Å²) in [7, 11) is 0. The Morgan fingerprint density at radius 2 is 2.00 bits per heavy atom. The van der Waals surface area contributed by atoms with E-state index in [4.69, 9.17) is 5.11 Å². The van der Waals surface area contributed by atoms with Crippen molar-refractivity contribution in [1.29, 1.82) is 0 Å². The maximum absolute atomic E-state index is 8.69. The van der Waals surface area contributed by atoms with Crippen LogP contribution in [0, 0.1) is 0 Å². The molecule has 0 unspecified atom stereocenters. The van der Waals surface area contributed by atoms with E-state index in [1.54, 1.807) is 0 Å². The Hall–Kier alpha value is -0.760. The molecule has 50 valence electrons. The van der Waals surface area contributed by atoms with Crippen LogP contribution in [-0.4, -0.2) is 16.3 Å². The second-order valence-corrected chi connectivity index (χ2v) is 2.16. The van der Waals surface area contributed by atoms with E-state index in [2.05, 4.69) is 0 Å². The summed E-state index contributed by atoms with van der Waals surface area (Å²) in [6.45, 7) is 2.18. The third kappa shape index (κ3) is 1.33. The van der Waals surface area contributed by atoms with Gasteiger partial charge in [0.15, 0.2) is 0 Å². The molecule has 0 saturated carbocycles. The third-order valence-corrected chi connectivity index (χ3v) is 1.40. The summed E-state index contributed by atoms with van der Waals surface area (Å²) in [6, 6.07) is 4.11. The molecule has 0 amide bonds. The third-order valence-electron chi connectivity index (χ3n) is 1.40. The lowest BCUT2D eigenvalue weighted by Crippen LogP contribution is -2.05. The van der Waals surface area contributed by atoms with Crippen molar-refractivity contribution in [3.05, 3.63) is 24.5 Å². The van der Waals surface area contributed by atoms with E-state index in [1.165, 1.54) is 0 Å². The van der Waals surface area contributed by atoms with Crippen LogP contribution in [0.3, 0.4) is 0 Å². The number of aliphatic hydroxyl groups is 1. The second-order valence-electron chi connectivity index (χ2n) is 2.16. The number of hydrogen-bond donors (Lipinski definition) is 1. The molecule has 0 aromatic carbocycles. The number of aromatic nitrogens is 1. The Morgan fingerprint density at radius 1 is 1.44 bits per heavy atom. The van der Waals surface area contributed by atoms with Gasteiger partial charge in [0.2, 0.25) is 0 Å². The van der Waals surface area contributed by atoms with Gasteiger partial charge in [-0.1, -0.05) is 0 Å². The molecule has 2 nitrogen and oxygen atoms in total. The lowest BCUT2D eigenvalue weighted by atomic mass is 10.4. The smallest absolute Gasteiger partial charge is 0.0636 e. The van der Waals surface area contributed by atoms with Gasteiger partial charge in [0, 0.05) is 12.4 Å². The van der Waals surface area contributed by atoms with Crippen molar-refractivity contribution < 1.29 is 5.11 Å². The minimum atomic E-state index is 0.203. The van der Waals surface area contributed by atoms with Crippen molar-refractivity contribution in [2.45, 2.75) is 13.0 Å². The highest BCUT2D eigenvalue weighted by Crippen LogP contribution is 2.02. The molecular weight excluding hydrogens is 114 g/mol. The molecule has 1 heterocycles. The molecule has 1 N–H and O–H groups in total. The summed E-state index contributed by atoms with van der Waals surface area (Å²) in [5.41, 5.74) is 0. The van der Waals surface area contributed by atoms with Crippen LogP contribution in [-0.2, 0) is 0 Å². The molecule has 0 aliphatic heterocycles. The fourth-order valence-corrected chi connectivity index (χ4v) is 0.736. The average Bonchev–Trinajstić information content (AvgIpc) is 2.37. The van der Waals surface area contributed by atoms with E-state index in [0.29, 0.717) is 0 Å². The Labute approximate surface area is 54.7 Å². The first kappa shape index (κ1) is 6.36. The number of rotatable bonds is 2. The largest absolute Gasteiger partial charge is 0.394 e. The summed E-state index contributed by atoms with van der Waals surface area (Å²) in [5, 5.41) is 8.69. The van der Waals surface area contributed by atoms with Crippen LogP contribution < -0.4 is 0 Å². The molecule has 0 fully saturated rings.